The van der Waals surface area contributed by atoms with Crippen LogP contribution in [0, 0.1) is 5.92 Å². The van der Waals surface area contributed by atoms with Crippen molar-refractivity contribution in [2.24, 2.45) is 5.92 Å². The van der Waals surface area contributed by atoms with E-state index in [1.807, 2.05) is 44.2 Å². The van der Waals surface area contributed by atoms with Gasteiger partial charge in [0.05, 0.1) is 12.0 Å². The van der Waals surface area contributed by atoms with Crippen LogP contribution in [0.2, 0.25) is 0 Å². The van der Waals surface area contributed by atoms with E-state index in [4.69, 9.17) is 9.47 Å². The number of carbonyl (C=O) groups is 2. The van der Waals surface area contributed by atoms with Crippen molar-refractivity contribution >= 4 is 18.0 Å². The largest absolute Gasteiger partial charge is 0.463 e. The lowest BCUT2D eigenvalue weighted by atomic mass is 9.97. The third-order valence-corrected chi connectivity index (χ3v) is 3.60. The third-order valence-electron chi connectivity index (χ3n) is 3.60. The SMILES string of the molecule is CCCCC(C(=O)OC(C)C)C(C)OC(=O)C=Cc1ccccc1. The van der Waals surface area contributed by atoms with Crippen molar-refractivity contribution in [1.29, 1.82) is 0 Å². The van der Waals surface area contributed by atoms with E-state index in [0.717, 1.165) is 18.4 Å². The summed E-state index contributed by atoms with van der Waals surface area (Å²) in [6.45, 7) is 7.43. The van der Waals surface area contributed by atoms with E-state index in [-0.39, 0.29) is 12.1 Å². The smallest absolute Gasteiger partial charge is 0.331 e. The second-order valence-electron chi connectivity index (χ2n) is 6.12. The van der Waals surface area contributed by atoms with Crippen molar-refractivity contribution in [2.45, 2.75) is 59.2 Å². The predicted molar refractivity (Wildman–Crippen MR) is 95.3 cm³/mol. The van der Waals surface area contributed by atoms with Crippen molar-refractivity contribution in [2.75, 3.05) is 0 Å². The van der Waals surface area contributed by atoms with Gasteiger partial charge in [-0.25, -0.2) is 4.79 Å². The van der Waals surface area contributed by atoms with Crippen LogP contribution in [0.4, 0.5) is 0 Å². The molecule has 4 heteroatoms. The van der Waals surface area contributed by atoms with Crippen molar-refractivity contribution in [1.82, 2.24) is 0 Å². The number of carbonyl (C=O) groups excluding carboxylic acids is 2. The Balaban J connectivity index is 2.65. The first-order valence-corrected chi connectivity index (χ1v) is 8.58. The third kappa shape index (κ3) is 7.44. The number of rotatable bonds is 9. The second kappa shape index (κ2) is 10.6. The molecular weight excluding hydrogens is 304 g/mol. The van der Waals surface area contributed by atoms with Crippen LogP contribution in [-0.4, -0.2) is 24.1 Å². The number of hydrogen-bond acceptors (Lipinski definition) is 4. The fourth-order valence-electron chi connectivity index (χ4n) is 2.32. The monoisotopic (exact) mass is 332 g/mol. The lowest BCUT2D eigenvalue weighted by molar-refractivity contribution is -0.161. The van der Waals surface area contributed by atoms with Crippen LogP contribution < -0.4 is 0 Å². The Labute approximate surface area is 144 Å². The number of esters is 2. The van der Waals surface area contributed by atoms with Gasteiger partial charge in [-0.3, -0.25) is 4.79 Å². The molecule has 0 heterocycles. The van der Waals surface area contributed by atoms with E-state index < -0.39 is 18.0 Å². The topological polar surface area (TPSA) is 52.6 Å². The molecule has 0 aliphatic heterocycles. The molecule has 132 valence electrons. The zero-order valence-electron chi connectivity index (χ0n) is 15.0. The first kappa shape index (κ1) is 19.9. The Hall–Kier alpha value is -2.10. The Bertz CT molecular complexity index is 534. The summed E-state index contributed by atoms with van der Waals surface area (Å²) >= 11 is 0. The first-order valence-electron chi connectivity index (χ1n) is 8.58. The van der Waals surface area contributed by atoms with Gasteiger partial charge in [0.25, 0.3) is 0 Å². The van der Waals surface area contributed by atoms with Crippen LogP contribution in [0.25, 0.3) is 6.08 Å². The van der Waals surface area contributed by atoms with E-state index in [1.165, 1.54) is 6.08 Å². The molecule has 0 radical (unpaired) electrons. The maximum atomic E-state index is 12.2. The zero-order valence-corrected chi connectivity index (χ0v) is 15.0. The van der Waals surface area contributed by atoms with Crippen molar-refractivity contribution in [3.05, 3.63) is 42.0 Å². The van der Waals surface area contributed by atoms with E-state index in [1.54, 1.807) is 13.0 Å². The summed E-state index contributed by atoms with van der Waals surface area (Å²) in [5, 5.41) is 0. The molecule has 0 aliphatic carbocycles. The van der Waals surface area contributed by atoms with Crippen LogP contribution in [0.15, 0.2) is 36.4 Å². The molecule has 0 amide bonds. The Morgan fingerprint density at radius 3 is 2.33 bits per heavy atom. The quantitative estimate of drug-likeness (QED) is 0.497. The molecule has 24 heavy (non-hydrogen) atoms. The summed E-state index contributed by atoms with van der Waals surface area (Å²) in [5.41, 5.74) is 0.920. The summed E-state index contributed by atoms with van der Waals surface area (Å²) in [6.07, 6.45) is 4.90. The molecule has 1 rings (SSSR count). The summed E-state index contributed by atoms with van der Waals surface area (Å²) in [7, 11) is 0. The molecule has 0 aliphatic rings. The highest BCUT2D eigenvalue weighted by molar-refractivity contribution is 5.87. The van der Waals surface area contributed by atoms with Gasteiger partial charge in [-0.1, -0.05) is 50.1 Å². The minimum Gasteiger partial charge on any atom is -0.463 e. The van der Waals surface area contributed by atoms with Gasteiger partial charge in [-0.15, -0.1) is 0 Å². The maximum absolute atomic E-state index is 12.2. The van der Waals surface area contributed by atoms with Crippen LogP contribution in [0.5, 0.6) is 0 Å². The average molecular weight is 332 g/mol. The van der Waals surface area contributed by atoms with Gasteiger partial charge in [0.2, 0.25) is 0 Å². The minimum atomic E-state index is -0.518. The second-order valence-corrected chi connectivity index (χ2v) is 6.12. The first-order chi connectivity index (χ1) is 11.4. The number of benzene rings is 1. The Morgan fingerprint density at radius 2 is 1.75 bits per heavy atom. The van der Waals surface area contributed by atoms with E-state index in [9.17, 15) is 9.59 Å². The summed E-state index contributed by atoms with van der Waals surface area (Å²) in [6, 6.07) is 9.51. The molecule has 2 atom stereocenters. The minimum absolute atomic E-state index is 0.178. The molecule has 1 aromatic carbocycles. The zero-order chi connectivity index (χ0) is 17.9. The van der Waals surface area contributed by atoms with Crippen LogP contribution in [0.3, 0.4) is 0 Å². The Kier molecular flexibility index (Phi) is 8.84. The highest BCUT2D eigenvalue weighted by Crippen LogP contribution is 2.19. The lowest BCUT2D eigenvalue weighted by Crippen LogP contribution is -2.32. The van der Waals surface area contributed by atoms with Crippen molar-refractivity contribution in [3.8, 4) is 0 Å². The molecule has 0 N–H and O–H groups in total. The van der Waals surface area contributed by atoms with E-state index in [0.29, 0.717) is 6.42 Å². The molecule has 0 saturated heterocycles. The maximum Gasteiger partial charge on any atom is 0.331 e. The van der Waals surface area contributed by atoms with Gasteiger partial charge < -0.3 is 9.47 Å². The molecule has 0 saturated carbocycles. The number of hydrogen-bond donors (Lipinski definition) is 0. The molecule has 0 aromatic heterocycles. The van der Waals surface area contributed by atoms with Crippen LogP contribution >= 0.6 is 0 Å². The van der Waals surface area contributed by atoms with Crippen LogP contribution in [0.1, 0.15) is 52.5 Å². The highest BCUT2D eigenvalue weighted by Gasteiger charge is 2.29. The van der Waals surface area contributed by atoms with Crippen LogP contribution in [-0.2, 0) is 19.1 Å². The molecule has 0 bridgehead atoms. The van der Waals surface area contributed by atoms with Gasteiger partial charge in [0, 0.05) is 6.08 Å². The molecular formula is C20H28O4. The normalized spacial score (nSPS) is 13.7. The van der Waals surface area contributed by atoms with Crippen molar-refractivity contribution < 1.29 is 19.1 Å². The highest BCUT2D eigenvalue weighted by atomic mass is 16.6. The molecule has 1 aromatic rings. The average Bonchev–Trinajstić information content (AvgIpc) is 2.53. The molecule has 2 unspecified atom stereocenters. The fourth-order valence-corrected chi connectivity index (χ4v) is 2.32. The summed E-state index contributed by atoms with van der Waals surface area (Å²) in [5.74, 6) is -1.18. The summed E-state index contributed by atoms with van der Waals surface area (Å²) < 4.78 is 10.7. The van der Waals surface area contributed by atoms with E-state index >= 15 is 0 Å². The van der Waals surface area contributed by atoms with Crippen molar-refractivity contribution in [3.63, 3.8) is 0 Å². The van der Waals surface area contributed by atoms with Gasteiger partial charge in [0.15, 0.2) is 0 Å². The molecule has 4 nitrogen and oxygen atoms in total. The molecule has 0 spiro atoms. The predicted octanol–water partition coefficient (Wildman–Crippen LogP) is 4.39. The standard InChI is InChI=1S/C20H28O4/c1-5-6-12-18(20(22)23-15(2)3)16(4)24-19(21)14-13-17-10-8-7-9-11-17/h7-11,13-16,18H,5-6,12H2,1-4H3. The van der Waals surface area contributed by atoms with Gasteiger partial charge in [-0.05, 0) is 38.8 Å². The van der Waals surface area contributed by atoms with Gasteiger partial charge in [-0.2, -0.15) is 0 Å². The van der Waals surface area contributed by atoms with E-state index in [2.05, 4.69) is 6.92 Å². The Morgan fingerprint density at radius 1 is 1.08 bits per heavy atom. The number of ether oxygens (including phenoxy) is 2. The lowest BCUT2D eigenvalue weighted by Gasteiger charge is -2.23. The number of unbranched alkanes of at least 4 members (excludes halogenated alkanes) is 1. The molecule has 0 fully saturated rings. The fraction of sp³-hybridized carbons (Fsp3) is 0.500. The van der Waals surface area contributed by atoms with Gasteiger partial charge >= 0.3 is 11.9 Å². The van der Waals surface area contributed by atoms with Gasteiger partial charge in [0.1, 0.15) is 6.10 Å². The summed E-state index contributed by atoms with van der Waals surface area (Å²) in [4.78, 5) is 24.2.